The van der Waals surface area contributed by atoms with Crippen molar-refractivity contribution in [1.82, 2.24) is 83.8 Å². The van der Waals surface area contributed by atoms with Gasteiger partial charge in [0, 0.05) is 95.0 Å². The van der Waals surface area contributed by atoms with Crippen LogP contribution < -0.4 is 40.0 Å². The fourth-order valence-corrected chi connectivity index (χ4v) is 13.0. The predicted molar refractivity (Wildman–Crippen MR) is 481 cm³/mol. The molecule has 13 rings (SSSR count). The average Bonchev–Trinajstić information content (AvgIpc) is 1.61. The molecule has 0 aliphatic carbocycles. The van der Waals surface area contributed by atoms with Crippen molar-refractivity contribution in [3.05, 3.63) is 161 Å². The number of nitrogens with zero attached hydrogens (tertiary/aromatic N) is 15. The Morgan fingerprint density at radius 3 is 1.14 bits per heavy atom. The maximum atomic E-state index is 13.4. The van der Waals surface area contributed by atoms with Crippen molar-refractivity contribution >= 4 is 80.9 Å². The minimum absolute atomic E-state index is 0.00310. The average molecular weight is 2050 g/mol. The molecular weight excluding hydrogens is 1940 g/mol. The summed E-state index contributed by atoms with van der Waals surface area (Å²) in [4.78, 5) is 64.5. The predicted octanol–water partition coefficient (Wildman–Crippen LogP) is 13.1. The molecule has 3 saturated heterocycles. The first-order valence-corrected chi connectivity index (χ1v) is 45.4. The maximum absolute atomic E-state index is 13.4. The highest BCUT2D eigenvalue weighted by Gasteiger charge is 2.56. The Balaban J connectivity index is 0.000000241. The molecule has 13 heterocycles. The molecule has 0 atom stereocenters. The molecule has 10 aromatic rings. The Hall–Kier alpha value is -11.8. The molecule has 55 heteroatoms. The normalized spacial score (nSPS) is 15.2. The summed E-state index contributed by atoms with van der Waals surface area (Å²) in [5.41, 5.74) is -9.47. The number of methoxy groups -OCH3 is 3. The van der Waals surface area contributed by atoms with Gasteiger partial charge in [-0.1, -0.05) is 11.6 Å². The van der Waals surface area contributed by atoms with Crippen LogP contribution in [0, 0.1) is 35.5 Å². The third-order valence-electron chi connectivity index (χ3n) is 21.6. The topological polar surface area (TPSA) is 455 Å². The van der Waals surface area contributed by atoms with E-state index in [2.05, 4.69) is 65.1 Å². The summed E-state index contributed by atoms with van der Waals surface area (Å²) < 4.78 is 274. The molecule has 0 spiro atoms. The number of nitrogens with one attached hydrogen (secondary N) is 2. The third-order valence-corrected chi connectivity index (χ3v) is 24.3. The number of carbonyl (C=O) groups excluding carboxylic acids is 4. The molecule has 10 aromatic heterocycles. The van der Waals surface area contributed by atoms with Crippen LogP contribution in [0.5, 0.6) is 23.5 Å². The van der Waals surface area contributed by atoms with Gasteiger partial charge < -0.3 is 56.5 Å². The van der Waals surface area contributed by atoms with Crippen LogP contribution in [0.25, 0.3) is 17.5 Å². The van der Waals surface area contributed by atoms with Gasteiger partial charge in [0.15, 0.2) is 17.5 Å². The van der Waals surface area contributed by atoms with Crippen molar-refractivity contribution in [2.24, 2.45) is 40.9 Å². The van der Waals surface area contributed by atoms with Crippen LogP contribution in [0.15, 0.2) is 132 Å². The Labute approximate surface area is 804 Å². The molecule has 1 amide bonds. The number of alkyl halides is 12. The van der Waals surface area contributed by atoms with Gasteiger partial charge in [0.25, 0.3) is 15.9 Å². The van der Waals surface area contributed by atoms with Crippen LogP contribution in [0.4, 0.5) is 52.7 Å². The second-order valence-corrected chi connectivity index (χ2v) is 39.4. The highest BCUT2D eigenvalue weighted by molar-refractivity contribution is 7.90. The molecule has 38 nitrogen and oxygen atoms in total. The van der Waals surface area contributed by atoms with E-state index in [-0.39, 0.29) is 78.5 Å². The van der Waals surface area contributed by atoms with E-state index < -0.39 is 153 Å². The van der Waals surface area contributed by atoms with Crippen LogP contribution in [0.1, 0.15) is 176 Å². The van der Waals surface area contributed by atoms with Gasteiger partial charge in [-0.05, 0) is 186 Å². The number of sulfonamides is 2. The van der Waals surface area contributed by atoms with Crippen molar-refractivity contribution in [3.8, 4) is 41.0 Å². The molecule has 0 aromatic carbocycles. The number of ether oxygens (including phenoxy) is 8. The van der Waals surface area contributed by atoms with E-state index in [1.165, 1.54) is 181 Å². The third kappa shape index (κ3) is 30.6. The maximum Gasteiger partial charge on any atom is 0.515 e. The van der Waals surface area contributed by atoms with E-state index in [1.54, 1.807) is 54.8 Å². The minimum atomic E-state index is -4.48. The molecule has 0 saturated carbocycles. The smallest absolute Gasteiger partial charge is 0.477 e. The van der Waals surface area contributed by atoms with Crippen LogP contribution in [0.3, 0.4) is 0 Å². The first-order chi connectivity index (χ1) is 64.3. The summed E-state index contributed by atoms with van der Waals surface area (Å²) in [6.07, 6.45) is -3.83. The number of aryl methyl sites for hydroxylation is 4. The quantitative estimate of drug-likeness (QED) is 0.0166. The van der Waals surface area contributed by atoms with Crippen LogP contribution in [0.2, 0.25) is 5.15 Å². The number of esters is 3. The highest BCUT2D eigenvalue weighted by Crippen LogP contribution is 2.43. The summed E-state index contributed by atoms with van der Waals surface area (Å²) >= 11 is 5.50. The lowest BCUT2D eigenvalue weighted by atomic mass is 9.80. The Bertz CT molecular complexity index is 6050. The summed E-state index contributed by atoms with van der Waals surface area (Å²) in [5.74, 6) is -1.50. The zero-order chi connectivity index (χ0) is 106. The number of aromatic amines is 1. The number of H-pyrrole nitrogens is 1. The van der Waals surface area contributed by atoms with Crippen molar-refractivity contribution < 1.29 is 145 Å². The van der Waals surface area contributed by atoms with Gasteiger partial charge in [-0.2, -0.15) is 68.0 Å². The number of amides is 1. The highest BCUT2D eigenvalue weighted by atomic mass is 35.5. The van der Waals surface area contributed by atoms with Crippen LogP contribution >= 0.6 is 11.6 Å². The number of primary sulfonamides is 1. The Morgan fingerprint density at radius 1 is 0.479 bits per heavy atom. The lowest BCUT2D eigenvalue weighted by Gasteiger charge is -2.32. The van der Waals surface area contributed by atoms with Gasteiger partial charge >= 0.3 is 56.8 Å². The molecular formula is C85H109B2ClF12N18O20S2. The number of hydrogen-bond donors (Lipinski definition) is 3. The van der Waals surface area contributed by atoms with E-state index in [1.807, 2.05) is 32.4 Å². The second kappa shape index (κ2) is 45.4. The van der Waals surface area contributed by atoms with Gasteiger partial charge in [-0.3, -0.25) is 14.2 Å². The molecule has 3 aliphatic rings. The monoisotopic (exact) mass is 2050 g/mol. The van der Waals surface area contributed by atoms with Gasteiger partial charge in [0.05, 0.1) is 116 Å². The van der Waals surface area contributed by atoms with Crippen molar-refractivity contribution in [2.75, 3.05) is 61.0 Å². The summed E-state index contributed by atoms with van der Waals surface area (Å²) in [6, 6.07) is 17.6. The number of hydrogen-bond acceptors (Lipinski definition) is 30. The fourth-order valence-electron chi connectivity index (χ4n) is 11.0. The molecule has 3 fully saturated rings. The summed E-state index contributed by atoms with van der Waals surface area (Å²) in [6.45, 7) is 25.9. The molecule has 3 aliphatic heterocycles. The van der Waals surface area contributed by atoms with Crippen molar-refractivity contribution in [2.45, 2.75) is 194 Å². The zero-order valence-corrected chi connectivity index (χ0v) is 82.9. The van der Waals surface area contributed by atoms with Gasteiger partial charge in [0.2, 0.25) is 33.5 Å². The summed E-state index contributed by atoms with van der Waals surface area (Å²) in [7, 11) is -2.98. The Morgan fingerprint density at radius 2 is 0.829 bits per heavy atom. The molecule has 0 radical (unpaired) electrons. The second-order valence-electron chi connectivity index (χ2n) is 35.8. The van der Waals surface area contributed by atoms with Gasteiger partial charge in [0.1, 0.15) is 41.4 Å². The number of pyridine rings is 4. The van der Waals surface area contributed by atoms with E-state index >= 15 is 0 Å². The van der Waals surface area contributed by atoms with Crippen LogP contribution in [-0.2, 0) is 71.7 Å². The molecule has 0 unspecified atom stereocenters. The molecule has 0 bridgehead atoms. The SMILES string of the molecule is C1CCOC1.CC(C)(COc1ccn[nH]1)C(F)(F)F.COC(=O)c1ccc(-n2ccc(OCC(C)(C)C(F)(F)F)n2)nc1.COC(=O)c1ccc(-n2ccc(OCC(C)(C)C(F)(F)F)n2)nc1B1OC(C)(C)C(C)(C)O1.COC(=O)c1ccc(Cl)nc1.Cc1nn(C)cc1S(=O)(=O)NC(=O)c1ccc(-n2ccc(OCC(C)(C)C(F)(F)F)n2)nc1B1OC(C)(C)C(C)(C)O1.Cc1nn(C)cc1S(N)(=O)=O. The largest absolute Gasteiger partial charge is 0.515 e. The van der Waals surface area contributed by atoms with E-state index in [0.717, 1.165) is 68.6 Å². The molecule has 768 valence electrons. The molecule has 4 N–H and O–H groups in total. The lowest BCUT2D eigenvalue weighted by Crippen LogP contribution is -2.44. The van der Waals surface area contributed by atoms with E-state index in [4.69, 9.17) is 63.8 Å². The Kier molecular flexibility index (Phi) is 37.3. The summed E-state index contributed by atoms with van der Waals surface area (Å²) in [5, 5.41) is 31.4. The number of halogens is 13. The lowest BCUT2D eigenvalue weighted by molar-refractivity contribution is -0.220. The van der Waals surface area contributed by atoms with Crippen molar-refractivity contribution in [1.29, 1.82) is 0 Å². The fraction of sp³-hybridized carbons (Fsp3) is 0.506. The number of aromatic nitrogens is 16. The minimum Gasteiger partial charge on any atom is -0.477 e. The van der Waals surface area contributed by atoms with Gasteiger partial charge in [-0.15, -0.1) is 15.3 Å². The van der Waals surface area contributed by atoms with E-state index in [0.29, 0.717) is 22.2 Å². The first kappa shape index (κ1) is 115. The number of carbonyl (C=O) groups is 4. The zero-order valence-electron chi connectivity index (χ0n) is 80.5. The number of rotatable bonds is 24. The van der Waals surface area contributed by atoms with E-state index in [9.17, 15) is 88.7 Å². The first-order valence-electron chi connectivity index (χ1n) is 42.0. The molecule has 140 heavy (non-hydrogen) atoms. The standard InChI is InChI=1S/C25H32BF3N6O6S.C21H27BF3N3O5.C15H16F3N3O3.C8H11F3N2O.C7H6ClNO2.C5H9N3O2S.C4H8O/c1-15-17(13-34(8)31-15)42(37,38)33-21(36)16-9-10-18(30-20(16)26-40-23(4,5)24(6,7)41-26)35-12-11-19(32-35)39-14-22(2,3)25(27,28)29;1-18(2,21(23,24)25)12-31-15-10-11-28(27-15)14-9-8-13(17(29)30-7)16(26-14)22-32-19(3,4)20(5,6)33-22;1-14(2,15(16,17)18)9-24-12-6-7-21(20-12)11-5-4-10(8-19-11)13(22)23-3;1-7(2,8(9,10)11)5-14-6-3-4-12-13-6;1-11-7(10)5-2-3-6(8)9-4-5;1-4-5(11(6,9)10)3-8(2)7-4;1-2-4-5-3-1/h9-13H,14H2,1-8H3,(H,33,36);8-11H,12H2,1-7H3;4-8H,9H2,1-3H3;3-4H,5H2,1-2H3,(H,12,13);2-4H,1H3;3H,1-2H3,(H2,6,9,10);1-4H2. The number of nitrogens with two attached hydrogens (primary N) is 1. The van der Waals surface area contributed by atoms with Crippen molar-refractivity contribution in [3.63, 3.8) is 0 Å². The van der Waals surface area contributed by atoms with Crippen LogP contribution in [-0.4, -0.2) is 242 Å². The van der Waals surface area contributed by atoms with Gasteiger partial charge in [-0.25, -0.2) is 80.2 Å².